The van der Waals surface area contributed by atoms with Gasteiger partial charge in [-0.1, -0.05) is 13.8 Å². The Labute approximate surface area is 110 Å². The van der Waals surface area contributed by atoms with Crippen molar-refractivity contribution in [3.05, 3.63) is 0 Å². The van der Waals surface area contributed by atoms with Crippen LogP contribution in [0.5, 0.6) is 0 Å². The van der Waals surface area contributed by atoms with Crippen molar-refractivity contribution in [3.63, 3.8) is 0 Å². The van der Waals surface area contributed by atoms with Crippen molar-refractivity contribution in [1.29, 1.82) is 0 Å². The minimum atomic E-state index is -5.71. The Morgan fingerprint density at radius 1 is 1.26 bits per heavy atom. The van der Waals surface area contributed by atoms with Gasteiger partial charge < -0.3 is 4.74 Å². The Morgan fingerprint density at radius 3 is 2.16 bits per heavy atom. The highest BCUT2D eigenvalue weighted by molar-refractivity contribution is 7.87. The van der Waals surface area contributed by atoms with Crippen LogP contribution < -0.4 is 0 Å². The number of rotatable bonds is 7. The first-order valence-corrected chi connectivity index (χ1v) is 7.05. The standard InChI is InChI=1S/C10H17F3O5S/c1-4-17-9(14)6-8(5-7(2)3)18-19(15,16)10(11,12)13/h7-8H,4-6H2,1-3H3/t8-/m1/s1. The number of carbonyl (C=O) groups is 1. The van der Waals surface area contributed by atoms with Crippen molar-refractivity contribution in [2.45, 2.75) is 45.2 Å². The summed E-state index contributed by atoms with van der Waals surface area (Å²) in [6.45, 7) is 4.92. The number of alkyl halides is 3. The van der Waals surface area contributed by atoms with E-state index in [0.29, 0.717) is 0 Å². The van der Waals surface area contributed by atoms with Gasteiger partial charge in [0.2, 0.25) is 0 Å². The summed E-state index contributed by atoms with van der Waals surface area (Å²) >= 11 is 0. The normalized spacial score (nSPS) is 14.5. The third kappa shape index (κ3) is 6.76. The van der Waals surface area contributed by atoms with Crippen molar-refractivity contribution in [1.82, 2.24) is 0 Å². The third-order valence-electron chi connectivity index (χ3n) is 1.98. The van der Waals surface area contributed by atoms with E-state index in [1.807, 2.05) is 0 Å². The molecule has 1 atom stereocenters. The molecule has 0 bridgehead atoms. The summed E-state index contributed by atoms with van der Waals surface area (Å²) in [5.41, 5.74) is -5.50. The summed E-state index contributed by atoms with van der Waals surface area (Å²) in [6.07, 6.45) is -1.93. The lowest BCUT2D eigenvalue weighted by Gasteiger charge is -2.19. The summed E-state index contributed by atoms with van der Waals surface area (Å²) in [5.74, 6) is -0.937. The highest BCUT2D eigenvalue weighted by Crippen LogP contribution is 2.28. The summed E-state index contributed by atoms with van der Waals surface area (Å²) in [7, 11) is -5.71. The van der Waals surface area contributed by atoms with E-state index >= 15 is 0 Å². The van der Waals surface area contributed by atoms with Crippen LogP contribution in [0.3, 0.4) is 0 Å². The molecule has 0 aliphatic rings. The fraction of sp³-hybridized carbons (Fsp3) is 0.900. The van der Waals surface area contributed by atoms with Crippen LogP contribution in [0.2, 0.25) is 0 Å². The Balaban J connectivity index is 4.83. The van der Waals surface area contributed by atoms with E-state index in [0.717, 1.165) is 0 Å². The van der Waals surface area contributed by atoms with Gasteiger partial charge in [-0.05, 0) is 19.3 Å². The average Bonchev–Trinajstić information content (AvgIpc) is 2.13. The Morgan fingerprint density at radius 2 is 1.79 bits per heavy atom. The molecule has 9 heteroatoms. The van der Waals surface area contributed by atoms with Crippen LogP contribution in [-0.2, 0) is 23.8 Å². The lowest BCUT2D eigenvalue weighted by atomic mass is 10.0. The predicted octanol–water partition coefficient (Wildman–Crippen LogP) is 2.22. The lowest BCUT2D eigenvalue weighted by molar-refractivity contribution is -0.145. The molecule has 0 aromatic heterocycles. The monoisotopic (exact) mass is 306 g/mol. The zero-order chi connectivity index (χ0) is 15.3. The van der Waals surface area contributed by atoms with Crippen LogP contribution in [-0.4, -0.2) is 32.6 Å². The van der Waals surface area contributed by atoms with E-state index in [1.165, 1.54) is 6.92 Å². The highest BCUT2D eigenvalue weighted by Gasteiger charge is 2.48. The molecule has 0 aromatic rings. The Kier molecular flexibility index (Phi) is 6.78. The molecule has 0 N–H and O–H groups in total. The summed E-state index contributed by atoms with van der Waals surface area (Å²) in [6, 6.07) is 0. The van der Waals surface area contributed by atoms with Gasteiger partial charge in [0.15, 0.2) is 0 Å². The molecule has 0 aliphatic carbocycles. The molecule has 0 fully saturated rings. The molecule has 0 amide bonds. The first-order chi connectivity index (χ1) is 8.49. The van der Waals surface area contributed by atoms with Gasteiger partial charge in [0.1, 0.15) is 0 Å². The SMILES string of the molecule is CCOC(=O)C[C@@H](CC(C)C)OS(=O)(=O)C(F)(F)F. The van der Waals surface area contributed by atoms with Crippen molar-refractivity contribution < 1.29 is 35.3 Å². The van der Waals surface area contributed by atoms with E-state index in [-0.39, 0.29) is 18.9 Å². The van der Waals surface area contributed by atoms with Crippen LogP contribution in [0.4, 0.5) is 13.2 Å². The van der Waals surface area contributed by atoms with E-state index in [1.54, 1.807) is 13.8 Å². The van der Waals surface area contributed by atoms with Gasteiger partial charge >= 0.3 is 21.6 Å². The van der Waals surface area contributed by atoms with E-state index in [2.05, 4.69) is 8.92 Å². The first kappa shape index (κ1) is 18.2. The van der Waals surface area contributed by atoms with Gasteiger partial charge in [-0.3, -0.25) is 8.98 Å². The molecule has 0 spiro atoms. The number of halogens is 3. The van der Waals surface area contributed by atoms with E-state index < -0.39 is 34.1 Å². The minimum Gasteiger partial charge on any atom is -0.466 e. The van der Waals surface area contributed by atoms with Crippen LogP contribution >= 0.6 is 0 Å². The van der Waals surface area contributed by atoms with Crippen molar-refractivity contribution >= 4 is 16.1 Å². The van der Waals surface area contributed by atoms with Gasteiger partial charge in [0, 0.05) is 0 Å². The second-order valence-electron chi connectivity index (χ2n) is 4.26. The molecular formula is C10H17F3O5S. The molecule has 0 unspecified atom stereocenters. The van der Waals surface area contributed by atoms with Crippen molar-refractivity contribution in [2.24, 2.45) is 5.92 Å². The third-order valence-corrected chi connectivity index (χ3v) is 3.07. The number of ether oxygens (including phenoxy) is 1. The second-order valence-corrected chi connectivity index (χ2v) is 5.82. The maximum atomic E-state index is 12.2. The molecule has 0 saturated carbocycles. The highest BCUT2D eigenvalue weighted by atomic mass is 32.2. The number of esters is 1. The maximum Gasteiger partial charge on any atom is 0.523 e. The van der Waals surface area contributed by atoms with E-state index in [4.69, 9.17) is 0 Å². The van der Waals surface area contributed by atoms with Gasteiger partial charge in [0.25, 0.3) is 0 Å². The van der Waals surface area contributed by atoms with Gasteiger partial charge in [0.05, 0.1) is 19.1 Å². The molecule has 0 aliphatic heterocycles. The predicted molar refractivity (Wildman–Crippen MR) is 60.6 cm³/mol. The Hall–Kier alpha value is -0.830. The van der Waals surface area contributed by atoms with Crippen molar-refractivity contribution in [2.75, 3.05) is 6.61 Å². The molecule has 0 heterocycles. The molecular weight excluding hydrogens is 289 g/mol. The smallest absolute Gasteiger partial charge is 0.466 e. The largest absolute Gasteiger partial charge is 0.523 e. The van der Waals surface area contributed by atoms with Gasteiger partial charge in [-0.2, -0.15) is 21.6 Å². The van der Waals surface area contributed by atoms with Crippen LogP contribution in [0, 0.1) is 5.92 Å². The summed E-state index contributed by atoms with van der Waals surface area (Å²) in [5, 5.41) is 0. The lowest BCUT2D eigenvalue weighted by Crippen LogP contribution is -2.32. The van der Waals surface area contributed by atoms with Crippen LogP contribution in [0.1, 0.15) is 33.6 Å². The Bertz CT molecular complexity index is 388. The van der Waals surface area contributed by atoms with Gasteiger partial charge in [-0.25, -0.2) is 0 Å². The minimum absolute atomic E-state index is 0.00583. The maximum absolute atomic E-state index is 12.2. The van der Waals surface area contributed by atoms with Gasteiger partial charge in [-0.15, -0.1) is 0 Å². The van der Waals surface area contributed by atoms with E-state index in [9.17, 15) is 26.4 Å². The summed E-state index contributed by atoms with van der Waals surface area (Å²) < 4.78 is 67.0. The first-order valence-electron chi connectivity index (χ1n) is 5.64. The van der Waals surface area contributed by atoms with Crippen LogP contribution in [0.15, 0.2) is 0 Å². The fourth-order valence-electron chi connectivity index (χ4n) is 1.32. The van der Waals surface area contributed by atoms with Crippen molar-refractivity contribution in [3.8, 4) is 0 Å². The molecule has 0 rings (SSSR count). The van der Waals surface area contributed by atoms with Crippen LogP contribution in [0.25, 0.3) is 0 Å². The average molecular weight is 306 g/mol. The molecule has 0 radical (unpaired) electrons. The second kappa shape index (κ2) is 7.09. The molecule has 0 saturated heterocycles. The summed E-state index contributed by atoms with van der Waals surface area (Å²) in [4.78, 5) is 11.2. The molecule has 5 nitrogen and oxygen atoms in total. The molecule has 114 valence electrons. The molecule has 0 aromatic carbocycles. The number of hydrogen-bond donors (Lipinski definition) is 0. The molecule has 19 heavy (non-hydrogen) atoms. The number of hydrogen-bond acceptors (Lipinski definition) is 5. The quantitative estimate of drug-likeness (QED) is 0.410. The zero-order valence-electron chi connectivity index (χ0n) is 10.9. The number of carbonyl (C=O) groups excluding carboxylic acids is 1. The topological polar surface area (TPSA) is 69.7 Å². The fourth-order valence-corrected chi connectivity index (χ4v) is 1.94. The zero-order valence-corrected chi connectivity index (χ0v) is 11.7.